The van der Waals surface area contributed by atoms with Crippen LogP contribution in [0.5, 0.6) is 0 Å². The molecule has 24 heavy (non-hydrogen) atoms. The molecule has 0 spiro atoms. The van der Waals surface area contributed by atoms with Gasteiger partial charge in [0.15, 0.2) is 9.84 Å². The number of amides is 3. The standard InChI is InChI=1S/C15H21N3O5S/c1-2-23-15(20)18-13-5-3-12(4-6-13)17-14(19)16-9-11-7-8-24(21,22)10-11/h3-6,11H,2,7-10H2,1H3,(H,18,20)(H2,16,17,19). The number of hydrogen-bond acceptors (Lipinski definition) is 5. The van der Waals surface area contributed by atoms with E-state index in [4.69, 9.17) is 4.74 Å². The van der Waals surface area contributed by atoms with Gasteiger partial charge in [-0.3, -0.25) is 5.32 Å². The minimum atomic E-state index is -2.94. The van der Waals surface area contributed by atoms with E-state index in [-0.39, 0.29) is 24.0 Å². The van der Waals surface area contributed by atoms with Gasteiger partial charge >= 0.3 is 12.1 Å². The van der Waals surface area contributed by atoms with Crippen molar-refractivity contribution >= 4 is 33.3 Å². The molecule has 9 heteroatoms. The summed E-state index contributed by atoms with van der Waals surface area (Å²) in [4.78, 5) is 23.1. The molecule has 1 atom stereocenters. The smallest absolute Gasteiger partial charge is 0.411 e. The number of carbonyl (C=O) groups excluding carboxylic acids is 2. The van der Waals surface area contributed by atoms with E-state index in [9.17, 15) is 18.0 Å². The van der Waals surface area contributed by atoms with Crippen LogP contribution in [0.15, 0.2) is 24.3 Å². The third-order valence-corrected chi connectivity index (χ3v) is 5.38. The maximum Gasteiger partial charge on any atom is 0.411 e. The van der Waals surface area contributed by atoms with E-state index < -0.39 is 22.0 Å². The van der Waals surface area contributed by atoms with E-state index in [0.29, 0.717) is 24.3 Å². The van der Waals surface area contributed by atoms with Crippen molar-refractivity contribution in [2.45, 2.75) is 13.3 Å². The predicted molar refractivity (Wildman–Crippen MR) is 90.9 cm³/mol. The molecule has 1 saturated heterocycles. The molecule has 0 radical (unpaired) electrons. The van der Waals surface area contributed by atoms with E-state index >= 15 is 0 Å². The van der Waals surface area contributed by atoms with Gasteiger partial charge in [-0.1, -0.05) is 0 Å². The summed E-state index contributed by atoms with van der Waals surface area (Å²) < 4.78 is 27.5. The van der Waals surface area contributed by atoms with Gasteiger partial charge in [-0.15, -0.1) is 0 Å². The topological polar surface area (TPSA) is 114 Å². The van der Waals surface area contributed by atoms with Gasteiger partial charge in [-0.05, 0) is 43.5 Å². The second-order valence-corrected chi connectivity index (χ2v) is 7.76. The summed E-state index contributed by atoms with van der Waals surface area (Å²) in [5.74, 6) is 0.286. The van der Waals surface area contributed by atoms with Crippen molar-refractivity contribution in [2.75, 3.05) is 35.3 Å². The largest absolute Gasteiger partial charge is 0.450 e. The summed E-state index contributed by atoms with van der Waals surface area (Å²) in [7, 11) is -2.94. The van der Waals surface area contributed by atoms with Gasteiger partial charge in [0.05, 0.1) is 18.1 Å². The first-order chi connectivity index (χ1) is 11.4. The molecule has 3 amide bonds. The molecule has 8 nitrogen and oxygen atoms in total. The number of anilines is 2. The van der Waals surface area contributed by atoms with Crippen LogP contribution < -0.4 is 16.0 Å². The molecular weight excluding hydrogens is 334 g/mol. The Morgan fingerprint density at radius 1 is 1.17 bits per heavy atom. The predicted octanol–water partition coefficient (Wildman–Crippen LogP) is 1.81. The van der Waals surface area contributed by atoms with Crippen molar-refractivity contribution in [2.24, 2.45) is 5.92 Å². The Kier molecular flexibility index (Phi) is 6.02. The molecule has 2 rings (SSSR count). The first-order valence-corrected chi connectivity index (χ1v) is 9.49. The summed E-state index contributed by atoms with van der Waals surface area (Å²) in [5.41, 5.74) is 1.11. The summed E-state index contributed by atoms with van der Waals surface area (Å²) in [5, 5.41) is 7.87. The third kappa shape index (κ3) is 5.73. The maximum absolute atomic E-state index is 11.8. The number of benzene rings is 1. The Hall–Kier alpha value is -2.29. The summed E-state index contributed by atoms with van der Waals surface area (Å²) in [6, 6.07) is 6.15. The van der Waals surface area contributed by atoms with Gasteiger partial charge in [0.1, 0.15) is 0 Å². The average molecular weight is 355 g/mol. The quantitative estimate of drug-likeness (QED) is 0.745. The third-order valence-electron chi connectivity index (χ3n) is 3.54. The minimum Gasteiger partial charge on any atom is -0.450 e. The zero-order chi connectivity index (χ0) is 17.6. The molecule has 3 N–H and O–H groups in total. The molecule has 1 aliphatic heterocycles. The first-order valence-electron chi connectivity index (χ1n) is 7.67. The highest BCUT2D eigenvalue weighted by molar-refractivity contribution is 7.91. The van der Waals surface area contributed by atoms with Crippen molar-refractivity contribution in [1.29, 1.82) is 0 Å². The zero-order valence-electron chi connectivity index (χ0n) is 13.4. The minimum absolute atomic E-state index is 0.0306. The normalized spacial score (nSPS) is 18.6. The lowest BCUT2D eigenvalue weighted by molar-refractivity contribution is 0.168. The lowest BCUT2D eigenvalue weighted by Crippen LogP contribution is -2.33. The molecule has 1 unspecified atom stereocenters. The lowest BCUT2D eigenvalue weighted by atomic mass is 10.1. The number of sulfone groups is 1. The van der Waals surface area contributed by atoms with Crippen LogP contribution >= 0.6 is 0 Å². The highest BCUT2D eigenvalue weighted by Crippen LogP contribution is 2.17. The zero-order valence-corrected chi connectivity index (χ0v) is 14.2. The monoisotopic (exact) mass is 355 g/mol. The number of ether oxygens (including phenoxy) is 1. The van der Waals surface area contributed by atoms with Crippen molar-refractivity contribution in [3.05, 3.63) is 24.3 Å². The van der Waals surface area contributed by atoms with Gasteiger partial charge in [0, 0.05) is 17.9 Å². The Morgan fingerprint density at radius 3 is 2.33 bits per heavy atom. The van der Waals surface area contributed by atoms with E-state index in [1.165, 1.54) is 0 Å². The first kappa shape index (κ1) is 18.1. The lowest BCUT2D eigenvalue weighted by Gasteiger charge is -2.11. The SMILES string of the molecule is CCOC(=O)Nc1ccc(NC(=O)NCC2CCS(=O)(=O)C2)cc1. The highest BCUT2D eigenvalue weighted by Gasteiger charge is 2.27. The molecule has 1 aliphatic rings. The Balaban J connectivity index is 1.76. The van der Waals surface area contributed by atoms with Crippen LogP contribution in [0.1, 0.15) is 13.3 Å². The Bertz CT molecular complexity index is 688. The van der Waals surface area contributed by atoms with Crippen LogP contribution in [0.25, 0.3) is 0 Å². The van der Waals surface area contributed by atoms with Crippen LogP contribution in [0.2, 0.25) is 0 Å². The number of urea groups is 1. The van der Waals surface area contributed by atoms with Gasteiger partial charge in [0.2, 0.25) is 0 Å². The fourth-order valence-electron chi connectivity index (χ4n) is 2.37. The molecular formula is C15H21N3O5S. The molecule has 0 bridgehead atoms. The van der Waals surface area contributed by atoms with E-state index in [1.807, 2.05) is 0 Å². The van der Waals surface area contributed by atoms with Crippen LogP contribution in [0.4, 0.5) is 21.0 Å². The van der Waals surface area contributed by atoms with Crippen LogP contribution in [0.3, 0.4) is 0 Å². The molecule has 0 aliphatic carbocycles. The molecule has 1 aromatic carbocycles. The summed E-state index contributed by atoms with van der Waals surface area (Å²) in [6.07, 6.45) is 0.0408. The molecule has 1 aromatic rings. The van der Waals surface area contributed by atoms with E-state index in [1.54, 1.807) is 31.2 Å². The van der Waals surface area contributed by atoms with Gasteiger partial charge in [-0.25, -0.2) is 18.0 Å². The van der Waals surface area contributed by atoms with E-state index in [0.717, 1.165) is 0 Å². The highest BCUT2D eigenvalue weighted by atomic mass is 32.2. The van der Waals surface area contributed by atoms with Crippen LogP contribution in [0, 0.1) is 5.92 Å². The number of carbonyl (C=O) groups is 2. The van der Waals surface area contributed by atoms with Crippen molar-refractivity contribution < 1.29 is 22.7 Å². The van der Waals surface area contributed by atoms with Crippen molar-refractivity contribution in [3.63, 3.8) is 0 Å². The molecule has 0 saturated carbocycles. The van der Waals surface area contributed by atoms with Crippen molar-refractivity contribution in [1.82, 2.24) is 5.32 Å². The number of rotatable bonds is 5. The maximum atomic E-state index is 11.8. The number of nitrogens with one attached hydrogen (secondary N) is 3. The van der Waals surface area contributed by atoms with Gasteiger partial charge in [-0.2, -0.15) is 0 Å². The summed E-state index contributed by atoms with van der Waals surface area (Å²) in [6.45, 7) is 2.33. The molecule has 1 heterocycles. The Labute approximate surface area is 140 Å². The van der Waals surface area contributed by atoms with Crippen molar-refractivity contribution in [3.8, 4) is 0 Å². The van der Waals surface area contributed by atoms with Gasteiger partial charge in [0.25, 0.3) is 0 Å². The molecule has 132 valence electrons. The van der Waals surface area contributed by atoms with Crippen LogP contribution in [-0.2, 0) is 14.6 Å². The second kappa shape index (κ2) is 8.00. The second-order valence-electron chi connectivity index (χ2n) is 5.53. The van der Waals surface area contributed by atoms with Crippen LogP contribution in [-0.4, -0.2) is 45.2 Å². The van der Waals surface area contributed by atoms with Gasteiger partial charge < -0.3 is 15.4 Å². The fourth-order valence-corrected chi connectivity index (χ4v) is 4.23. The Morgan fingerprint density at radius 2 is 1.79 bits per heavy atom. The molecule has 0 aromatic heterocycles. The average Bonchev–Trinajstić information content (AvgIpc) is 2.87. The van der Waals surface area contributed by atoms with E-state index in [2.05, 4.69) is 16.0 Å². The summed E-state index contributed by atoms with van der Waals surface area (Å²) >= 11 is 0. The fraction of sp³-hybridized carbons (Fsp3) is 0.467. The molecule has 1 fully saturated rings. The number of hydrogen-bond donors (Lipinski definition) is 3.